The van der Waals surface area contributed by atoms with Gasteiger partial charge in [-0.25, -0.2) is 9.97 Å². The van der Waals surface area contributed by atoms with Gasteiger partial charge >= 0.3 is 6.18 Å². The number of hydrogen-bond donors (Lipinski definition) is 1. The number of methoxy groups -OCH3 is 1. The van der Waals surface area contributed by atoms with Crippen molar-refractivity contribution >= 4 is 40.6 Å². The molecule has 0 aliphatic rings. The number of carbonyl (C=O) groups excluding carboxylic acids is 1. The van der Waals surface area contributed by atoms with Crippen LogP contribution in [0.2, 0.25) is 5.02 Å². The standard InChI is InChI=1S/C20H14ClF3N4O4S/c1-32-16-7-6-13(28(30)31)8-15(16)25-18(29)10-33-19-26-14(9-17(27-19)20(22,23)24)11-2-4-12(21)5-3-11/h2-9H,10H2,1H3,(H,25,29). The van der Waals surface area contributed by atoms with Gasteiger partial charge in [-0.3, -0.25) is 14.9 Å². The molecule has 33 heavy (non-hydrogen) atoms. The summed E-state index contributed by atoms with van der Waals surface area (Å²) < 4.78 is 45.1. The van der Waals surface area contributed by atoms with Crippen molar-refractivity contribution in [3.05, 3.63) is 69.4 Å². The number of carbonyl (C=O) groups is 1. The second-order valence-corrected chi connectivity index (χ2v) is 7.78. The lowest BCUT2D eigenvalue weighted by molar-refractivity contribution is -0.384. The number of nitro benzene ring substituents is 1. The average Bonchev–Trinajstić information content (AvgIpc) is 2.77. The number of hydrogen-bond acceptors (Lipinski definition) is 7. The van der Waals surface area contributed by atoms with E-state index in [1.807, 2.05) is 0 Å². The number of thioether (sulfide) groups is 1. The lowest BCUT2D eigenvalue weighted by atomic mass is 10.1. The minimum Gasteiger partial charge on any atom is -0.495 e. The van der Waals surface area contributed by atoms with Crippen LogP contribution in [0.1, 0.15) is 5.69 Å². The van der Waals surface area contributed by atoms with E-state index in [1.54, 1.807) is 0 Å². The number of non-ortho nitro benzene ring substituents is 1. The largest absolute Gasteiger partial charge is 0.495 e. The Morgan fingerprint density at radius 1 is 1.18 bits per heavy atom. The van der Waals surface area contributed by atoms with Gasteiger partial charge in [0.25, 0.3) is 5.69 Å². The van der Waals surface area contributed by atoms with Gasteiger partial charge in [0.1, 0.15) is 11.4 Å². The summed E-state index contributed by atoms with van der Waals surface area (Å²) in [6.45, 7) is 0. The zero-order chi connectivity index (χ0) is 24.2. The van der Waals surface area contributed by atoms with Crippen molar-refractivity contribution in [3.63, 3.8) is 0 Å². The maximum Gasteiger partial charge on any atom is 0.433 e. The van der Waals surface area contributed by atoms with E-state index in [4.69, 9.17) is 16.3 Å². The van der Waals surface area contributed by atoms with Gasteiger partial charge in [0.15, 0.2) is 5.16 Å². The first-order valence-corrected chi connectivity index (χ1v) is 10.4. The van der Waals surface area contributed by atoms with Crippen LogP contribution in [0.5, 0.6) is 5.75 Å². The van der Waals surface area contributed by atoms with Gasteiger partial charge in [-0.1, -0.05) is 35.5 Å². The molecule has 8 nitrogen and oxygen atoms in total. The number of nitro groups is 1. The van der Waals surface area contributed by atoms with E-state index in [2.05, 4.69) is 15.3 Å². The number of amides is 1. The van der Waals surface area contributed by atoms with Crippen molar-refractivity contribution in [2.24, 2.45) is 0 Å². The third-order valence-corrected chi connectivity index (χ3v) is 5.24. The van der Waals surface area contributed by atoms with Crippen molar-refractivity contribution in [1.29, 1.82) is 0 Å². The van der Waals surface area contributed by atoms with Crippen molar-refractivity contribution in [2.45, 2.75) is 11.3 Å². The predicted molar refractivity (Wildman–Crippen MR) is 116 cm³/mol. The summed E-state index contributed by atoms with van der Waals surface area (Å²) in [5.74, 6) is -0.820. The first-order chi connectivity index (χ1) is 15.6. The van der Waals surface area contributed by atoms with E-state index in [0.717, 1.165) is 12.1 Å². The van der Waals surface area contributed by atoms with Crippen LogP contribution in [0.25, 0.3) is 11.3 Å². The van der Waals surface area contributed by atoms with Crippen molar-refractivity contribution in [1.82, 2.24) is 9.97 Å². The summed E-state index contributed by atoms with van der Waals surface area (Å²) in [5, 5.41) is 13.5. The molecular weight excluding hydrogens is 485 g/mol. The Morgan fingerprint density at radius 3 is 2.48 bits per heavy atom. The number of ether oxygens (including phenoxy) is 1. The van der Waals surface area contributed by atoms with Crippen molar-refractivity contribution in [3.8, 4) is 17.0 Å². The van der Waals surface area contributed by atoms with Gasteiger partial charge in [0.2, 0.25) is 5.91 Å². The minimum absolute atomic E-state index is 0.0113. The lowest BCUT2D eigenvalue weighted by Crippen LogP contribution is -2.16. The highest BCUT2D eigenvalue weighted by Crippen LogP contribution is 2.33. The topological polar surface area (TPSA) is 107 Å². The number of nitrogens with zero attached hydrogens (tertiary/aromatic N) is 3. The summed E-state index contributed by atoms with van der Waals surface area (Å²) in [6, 6.07) is 10.5. The molecule has 0 bridgehead atoms. The highest BCUT2D eigenvalue weighted by molar-refractivity contribution is 7.99. The maximum absolute atomic E-state index is 13.3. The Hall–Kier alpha value is -3.38. The number of halogens is 4. The Labute approximate surface area is 194 Å². The van der Waals surface area contributed by atoms with E-state index < -0.39 is 22.7 Å². The monoisotopic (exact) mass is 498 g/mol. The molecule has 2 aromatic carbocycles. The summed E-state index contributed by atoms with van der Waals surface area (Å²) in [4.78, 5) is 30.3. The molecule has 1 N–H and O–H groups in total. The van der Waals surface area contributed by atoms with Crippen LogP contribution >= 0.6 is 23.4 Å². The molecule has 0 aliphatic heterocycles. The van der Waals surface area contributed by atoms with Crippen LogP contribution in [-0.2, 0) is 11.0 Å². The summed E-state index contributed by atoms with van der Waals surface area (Å²) >= 11 is 6.51. The van der Waals surface area contributed by atoms with Gasteiger partial charge in [-0.05, 0) is 24.3 Å². The maximum atomic E-state index is 13.3. The van der Waals surface area contributed by atoms with Crippen LogP contribution in [0.4, 0.5) is 24.5 Å². The molecule has 13 heteroatoms. The molecule has 0 aliphatic carbocycles. The van der Waals surface area contributed by atoms with Crippen LogP contribution in [0.3, 0.4) is 0 Å². The third kappa shape index (κ3) is 6.33. The summed E-state index contributed by atoms with van der Waals surface area (Å²) in [6.07, 6.45) is -4.72. The van der Waals surface area contributed by atoms with Gasteiger partial charge in [-0.2, -0.15) is 13.2 Å². The molecule has 0 saturated heterocycles. The first-order valence-electron chi connectivity index (χ1n) is 9.04. The molecule has 3 aromatic rings. The Balaban J connectivity index is 1.81. The first kappa shape index (κ1) is 24.3. The predicted octanol–water partition coefficient (Wildman–Crippen LogP) is 5.46. The van der Waals surface area contributed by atoms with Crippen LogP contribution in [0.15, 0.2) is 53.7 Å². The highest BCUT2D eigenvalue weighted by Gasteiger charge is 2.34. The van der Waals surface area contributed by atoms with Gasteiger partial charge in [0.05, 0.1) is 29.2 Å². The highest BCUT2D eigenvalue weighted by atomic mass is 35.5. The van der Waals surface area contributed by atoms with Gasteiger partial charge in [-0.15, -0.1) is 0 Å². The Kier molecular flexibility index (Phi) is 7.39. The molecule has 1 amide bonds. The molecule has 0 atom stereocenters. The third-order valence-electron chi connectivity index (χ3n) is 4.14. The Bertz CT molecular complexity index is 1190. The van der Waals surface area contributed by atoms with Crippen LogP contribution in [0, 0.1) is 10.1 Å². The van der Waals surface area contributed by atoms with E-state index in [9.17, 15) is 28.1 Å². The number of aromatic nitrogens is 2. The van der Waals surface area contributed by atoms with Crippen LogP contribution < -0.4 is 10.1 Å². The zero-order valence-corrected chi connectivity index (χ0v) is 18.3. The second kappa shape index (κ2) is 10.0. The van der Waals surface area contributed by atoms with Crippen LogP contribution in [-0.4, -0.2) is 33.7 Å². The quantitative estimate of drug-likeness (QED) is 0.199. The second-order valence-electron chi connectivity index (χ2n) is 6.40. The Morgan fingerprint density at radius 2 is 1.88 bits per heavy atom. The summed E-state index contributed by atoms with van der Waals surface area (Å²) in [7, 11) is 1.32. The molecule has 172 valence electrons. The lowest BCUT2D eigenvalue weighted by Gasteiger charge is -2.11. The van der Waals surface area contributed by atoms with Gasteiger partial charge < -0.3 is 10.1 Å². The van der Waals surface area contributed by atoms with E-state index in [-0.39, 0.29) is 33.7 Å². The van der Waals surface area contributed by atoms with Crippen molar-refractivity contribution < 1.29 is 27.6 Å². The number of benzene rings is 2. The minimum atomic E-state index is -4.72. The molecular formula is C20H14ClF3N4O4S. The molecule has 0 saturated carbocycles. The molecule has 0 fully saturated rings. The molecule has 0 unspecified atom stereocenters. The number of anilines is 1. The fourth-order valence-corrected chi connectivity index (χ4v) is 3.41. The fraction of sp³-hybridized carbons (Fsp3) is 0.150. The average molecular weight is 499 g/mol. The van der Waals surface area contributed by atoms with Gasteiger partial charge in [0, 0.05) is 22.7 Å². The normalized spacial score (nSPS) is 11.2. The van der Waals surface area contributed by atoms with E-state index in [0.29, 0.717) is 22.3 Å². The molecule has 0 radical (unpaired) electrons. The molecule has 1 heterocycles. The van der Waals surface area contributed by atoms with Crippen molar-refractivity contribution in [2.75, 3.05) is 18.2 Å². The number of nitrogens with one attached hydrogen (secondary N) is 1. The fourth-order valence-electron chi connectivity index (χ4n) is 2.63. The molecule has 0 spiro atoms. The molecule has 1 aromatic heterocycles. The van der Waals surface area contributed by atoms with E-state index >= 15 is 0 Å². The van der Waals surface area contributed by atoms with E-state index in [1.165, 1.54) is 43.5 Å². The summed E-state index contributed by atoms with van der Waals surface area (Å²) in [5.41, 5.74) is -0.986. The smallest absolute Gasteiger partial charge is 0.433 e. The number of alkyl halides is 3. The molecule has 3 rings (SSSR count). The number of rotatable bonds is 7. The zero-order valence-electron chi connectivity index (χ0n) is 16.7. The SMILES string of the molecule is COc1ccc([N+](=O)[O-])cc1NC(=O)CSc1nc(-c2ccc(Cl)cc2)cc(C(F)(F)F)n1.